The first-order valence-electron chi connectivity index (χ1n) is 5.87. The monoisotopic (exact) mass is 298 g/mol. The lowest BCUT2D eigenvalue weighted by Gasteiger charge is -2.13. The Labute approximate surface area is 121 Å². The van der Waals surface area contributed by atoms with E-state index in [2.05, 4.69) is 10.3 Å². The molecular weight excluding hydrogens is 284 g/mol. The third kappa shape index (κ3) is 3.52. The van der Waals surface area contributed by atoms with Gasteiger partial charge in [0.05, 0.1) is 18.7 Å². The summed E-state index contributed by atoms with van der Waals surface area (Å²) in [6, 6.07) is 3.78. The van der Waals surface area contributed by atoms with Gasteiger partial charge in [0.2, 0.25) is 0 Å². The number of thiazole rings is 1. The first kappa shape index (κ1) is 14.0. The van der Waals surface area contributed by atoms with Crippen LogP contribution in [0.4, 0.5) is 5.13 Å². The fourth-order valence-electron chi connectivity index (χ4n) is 1.65. The van der Waals surface area contributed by atoms with E-state index < -0.39 is 0 Å². The van der Waals surface area contributed by atoms with Crippen molar-refractivity contribution in [2.75, 3.05) is 19.0 Å². The van der Waals surface area contributed by atoms with Crippen molar-refractivity contribution in [3.8, 4) is 11.5 Å². The molecule has 4 nitrogen and oxygen atoms in total. The van der Waals surface area contributed by atoms with Crippen molar-refractivity contribution < 1.29 is 9.47 Å². The van der Waals surface area contributed by atoms with Crippen molar-refractivity contribution in [3.63, 3.8) is 0 Å². The molecule has 1 aromatic heterocycles. The highest BCUT2D eigenvalue weighted by molar-refractivity contribution is 7.13. The molecule has 0 saturated heterocycles. The number of methoxy groups -OCH3 is 1. The molecule has 1 N–H and O–H groups in total. The number of rotatable bonds is 6. The minimum Gasteiger partial charge on any atom is -0.493 e. The van der Waals surface area contributed by atoms with Crippen molar-refractivity contribution in [2.45, 2.75) is 13.5 Å². The van der Waals surface area contributed by atoms with Crippen molar-refractivity contribution in [1.29, 1.82) is 0 Å². The summed E-state index contributed by atoms with van der Waals surface area (Å²) in [6.07, 6.45) is 1.76. The lowest BCUT2D eigenvalue weighted by atomic mass is 10.2. The number of nitrogens with one attached hydrogen (secondary N) is 1. The average molecular weight is 299 g/mol. The second-order valence-electron chi connectivity index (χ2n) is 3.73. The molecule has 0 aliphatic rings. The van der Waals surface area contributed by atoms with E-state index in [-0.39, 0.29) is 0 Å². The van der Waals surface area contributed by atoms with Gasteiger partial charge in [-0.25, -0.2) is 4.98 Å². The Morgan fingerprint density at radius 3 is 2.89 bits per heavy atom. The van der Waals surface area contributed by atoms with Crippen LogP contribution in [0.2, 0.25) is 5.02 Å². The van der Waals surface area contributed by atoms with Crippen LogP contribution in [0.3, 0.4) is 0 Å². The topological polar surface area (TPSA) is 43.4 Å². The zero-order chi connectivity index (χ0) is 13.7. The summed E-state index contributed by atoms with van der Waals surface area (Å²) >= 11 is 7.76. The number of hydrogen-bond donors (Lipinski definition) is 1. The third-order valence-electron chi connectivity index (χ3n) is 2.45. The quantitative estimate of drug-likeness (QED) is 0.880. The zero-order valence-corrected chi connectivity index (χ0v) is 12.3. The highest BCUT2D eigenvalue weighted by Crippen LogP contribution is 2.36. The summed E-state index contributed by atoms with van der Waals surface area (Å²) in [6.45, 7) is 3.09. The molecule has 1 heterocycles. The molecule has 0 unspecified atom stereocenters. The summed E-state index contributed by atoms with van der Waals surface area (Å²) in [5.74, 6) is 1.23. The Morgan fingerprint density at radius 1 is 1.42 bits per heavy atom. The number of ether oxygens (including phenoxy) is 2. The number of aromatic nitrogens is 1. The molecule has 0 atom stereocenters. The summed E-state index contributed by atoms with van der Waals surface area (Å²) < 4.78 is 10.8. The van der Waals surface area contributed by atoms with E-state index >= 15 is 0 Å². The van der Waals surface area contributed by atoms with Crippen LogP contribution in [0.5, 0.6) is 11.5 Å². The Bertz CT molecular complexity index is 532. The molecule has 0 aliphatic carbocycles. The Kier molecular flexibility index (Phi) is 4.87. The molecule has 2 rings (SSSR count). The van der Waals surface area contributed by atoms with Gasteiger partial charge < -0.3 is 14.8 Å². The zero-order valence-electron chi connectivity index (χ0n) is 10.8. The third-order valence-corrected chi connectivity index (χ3v) is 3.47. The Morgan fingerprint density at radius 2 is 2.26 bits per heavy atom. The number of hydrogen-bond acceptors (Lipinski definition) is 5. The maximum absolute atomic E-state index is 6.21. The molecule has 0 aliphatic heterocycles. The number of nitrogens with zero attached hydrogens (tertiary/aromatic N) is 1. The normalized spacial score (nSPS) is 10.3. The fraction of sp³-hybridized carbons (Fsp3) is 0.308. The van der Waals surface area contributed by atoms with Gasteiger partial charge in [-0.2, -0.15) is 0 Å². The van der Waals surface area contributed by atoms with Crippen LogP contribution in [-0.2, 0) is 6.54 Å². The number of benzene rings is 1. The molecular formula is C13H15ClN2O2S. The van der Waals surface area contributed by atoms with Crippen molar-refractivity contribution in [2.24, 2.45) is 0 Å². The number of anilines is 1. The smallest absolute Gasteiger partial charge is 0.182 e. The van der Waals surface area contributed by atoms with Gasteiger partial charge in [-0.3, -0.25) is 0 Å². The van der Waals surface area contributed by atoms with E-state index in [1.807, 2.05) is 24.4 Å². The lowest BCUT2D eigenvalue weighted by molar-refractivity contribution is 0.311. The molecule has 19 heavy (non-hydrogen) atoms. The van der Waals surface area contributed by atoms with Crippen LogP contribution >= 0.6 is 22.9 Å². The maximum Gasteiger partial charge on any atom is 0.182 e. The Hall–Kier alpha value is -1.46. The summed E-state index contributed by atoms with van der Waals surface area (Å²) in [5.41, 5.74) is 1.01. The van der Waals surface area contributed by atoms with Gasteiger partial charge >= 0.3 is 0 Å². The van der Waals surface area contributed by atoms with Gasteiger partial charge in [-0.15, -0.1) is 11.3 Å². The fourth-order valence-corrected chi connectivity index (χ4v) is 2.46. The van der Waals surface area contributed by atoms with Gasteiger partial charge in [0.15, 0.2) is 16.6 Å². The number of halogens is 1. The molecule has 0 radical (unpaired) electrons. The van der Waals surface area contributed by atoms with Crippen LogP contribution in [0, 0.1) is 0 Å². The standard InChI is InChI=1S/C13H15ClN2O2S/c1-3-18-12-10(14)6-9(7-11(12)17-2)8-16-13-15-4-5-19-13/h4-7H,3,8H2,1-2H3,(H,15,16). The van der Waals surface area contributed by atoms with Gasteiger partial charge in [-0.1, -0.05) is 11.6 Å². The second-order valence-corrected chi connectivity index (χ2v) is 5.03. The molecule has 0 amide bonds. The van der Waals surface area contributed by atoms with E-state index in [9.17, 15) is 0 Å². The first-order valence-corrected chi connectivity index (χ1v) is 7.13. The lowest BCUT2D eigenvalue weighted by Crippen LogP contribution is -2.01. The van der Waals surface area contributed by atoms with E-state index in [1.165, 1.54) is 0 Å². The SMILES string of the molecule is CCOc1c(Cl)cc(CNc2nccs2)cc1OC. The van der Waals surface area contributed by atoms with Gasteiger partial charge in [0.1, 0.15) is 0 Å². The molecule has 0 fully saturated rings. The van der Waals surface area contributed by atoms with Gasteiger partial charge in [-0.05, 0) is 24.6 Å². The first-order chi connectivity index (χ1) is 9.24. The summed E-state index contributed by atoms with van der Waals surface area (Å²) in [7, 11) is 1.60. The van der Waals surface area contributed by atoms with E-state index in [0.717, 1.165) is 10.7 Å². The van der Waals surface area contributed by atoms with Gasteiger partial charge in [0.25, 0.3) is 0 Å². The molecule has 1 aromatic carbocycles. The minimum absolute atomic E-state index is 0.548. The Balaban J connectivity index is 2.15. The molecule has 102 valence electrons. The van der Waals surface area contributed by atoms with Crippen molar-refractivity contribution >= 4 is 28.1 Å². The van der Waals surface area contributed by atoms with Crippen LogP contribution in [0.1, 0.15) is 12.5 Å². The highest BCUT2D eigenvalue weighted by atomic mass is 35.5. The largest absolute Gasteiger partial charge is 0.493 e. The molecule has 0 saturated carbocycles. The summed E-state index contributed by atoms with van der Waals surface area (Å²) in [5, 5.41) is 6.58. The second kappa shape index (κ2) is 6.63. The van der Waals surface area contributed by atoms with E-state index in [4.69, 9.17) is 21.1 Å². The molecule has 0 spiro atoms. The molecule has 0 bridgehead atoms. The van der Waals surface area contributed by atoms with Gasteiger partial charge in [0, 0.05) is 18.1 Å². The van der Waals surface area contributed by atoms with E-state index in [0.29, 0.717) is 29.7 Å². The minimum atomic E-state index is 0.548. The van der Waals surface area contributed by atoms with Crippen LogP contribution in [-0.4, -0.2) is 18.7 Å². The van der Waals surface area contributed by atoms with E-state index in [1.54, 1.807) is 24.6 Å². The predicted molar refractivity (Wildman–Crippen MR) is 78.6 cm³/mol. The summed E-state index contributed by atoms with van der Waals surface area (Å²) in [4.78, 5) is 4.16. The van der Waals surface area contributed by atoms with Crippen LogP contribution in [0.25, 0.3) is 0 Å². The highest BCUT2D eigenvalue weighted by Gasteiger charge is 2.11. The molecule has 6 heteroatoms. The molecule has 2 aromatic rings. The average Bonchev–Trinajstić information content (AvgIpc) is 2.92. The van der Waals surface area contributed by atoms with Crippen LogP contribution in [0.15, 0.2) is 23.7 Å². The predicted octanol–water partition coefficient (Wildman–Crippen LogP) is 3.82. The van der Waals surface area contributed by atoms with Crippen molar-refractivity contribution in [1.82, 2.24) is 4.98 Å². The van der Waals surface area contributed by atoms with Crippen molar-refractivity contribution in [3.05, 3.63) is 34.3 Å². The maximum atomic E-state index is 6.21. The van der Waals surface area contributed by atoms with Crippen LogP contribution < -0.4 is 14.8 Å².